The van der Waals surface area contributed by atoms with Crippen molar-refractivity contribution in [3.05, 3.63) is 42.2 Å². The number of hydrogen-bond acceptors (Lipinski definition) is 5. The molecule has 1 aromatic carbocycles. The van der Waals surface area contributed by atoms with Crippen LogP contribution in [-0.4, -0.2) is 26.3 Å². The SMILES string of the molecule is NC(=O)OC(Cn1cnnn1)c1ccccc1. The molecule has 0 bridgehead atoms. The average Bonchev–Trinajstić information content (AvgIpc) is 2.82. The van der Waals surface area contributed by atoms with Gasteiger partial charge < -0.3 is 10.5 Å². The van der Waals surface area contributed by atoms with Crippen molar-refractivity contribution >= 4 is 6.09 Å². The molecule has 0 aliphatic heterocycles. The Balaban J connectivity index is 2.16. The van der Waals surface area contributed by atoms with E-state index in [9.17, 15) is 4.79 Å². The van der Waals surface area contributed by atoms with E-state index in [2.05, 4.69) is 15.5 Å². The second-order valence-corrected chi connectivity index (χ2v) is 3.37. The van der Waals surface area contributed by atoms with E-state index in [1.54, 1.807) is 0 Å². The minimum absolute atomic E-state index is 0.319. The molecule has 1 atom stereocenters. The average molecular weight is 233 g/mol. The first-order chi connectivity index (χ1) is 8.25. The maximum absolute atomic E-state index is 10.9. The number of rotatable bonds is 4. The van der Waals surface area contributed by atoms with Crippen molar-refractivity contribution in [2.75, 3.05) is 0 Å². The molecule has 1 heterocycles. The number of ether oxygens (including phenoxy) is 1. The summed E-state index contributed by atoms with van der Waals surface area (Å²) in [7, 11) is 0. The second kappa shape index (κ2) is 5.06. The van der Waals surface area contributed by atoms with E-state index in [0.717, 1.165) is 5.56 Å². The zero-order valence-electron chi connectivity index (χ0n) is 8.93. The summed E-state index contributed by atoms with van der Waals surface area (Å²) in [4.78, 5) is 10.9. The lowest BCUT2D eigenvalue weighted by atomic mass is 10.1. The Labute approximate surface area is 97.2 Å². The molecule has 7 heteroatoms. The summed E-state index contributed by atoms with van der Waals surface area (Å²) in [6, 6.07) is 9.27. The third kappa shape index (κ3) is 3.00. The Kier molecular flexibility index (Phi) is 3.29. The number of nitrogens with two attached hydrogens (primary N) is 1. The fourth-order valence-electron chi connectivity index (χ4n) is 1.45. The molecule has 0 saturated heterocycles. The van der Waals surface area contributed by atoms with Crippen molar-refractivity contribution in [2.45, 2.75) is 12.6 Å². The first-order valence-corrected chi connectivity index (χ1v) is 4.97. The van der Waals surface area contributed by atoms with E-state index in [4.69, 9.17) is 10.5 Å². The lowest BCUT2D eigenvalue weighted by Gasteiger charge is -2.16. The van der Waals surface area contributed by atoms with E-state index >= 15 is 0 Å². The maximum atomic E-state index is 10.9. The van der Waals surface area contributed by atoms with E-state index in [1.807, 2.05) is 30.3 Å². The van der Waals surface area contributed by atoms with Crippen LogP contribution in [0.2, 0.25) is 0 Å². The molecule has 0 saturated carbocycles. The zero-order chi connectivity index (χ0) is 12.1. The van der Waals surface area contributed by atoms with Crippen LogP contribution in [0.1, 0.15) is 11.7 Å². The molecule has 17 heavy (non-hydrogen) atoms. The minimum Gasteiger partial charge on any atom is -0.440 e. The quantitative estimate of drug-likeness (QED) is 0.829. The number of benzene rings is 1. The van der Waals surface area contributed by atoms with Gasteiger partial charge in [-0.2, -0.15) is 0 Å². The van der Waals surface area contributed by atoms with Crippen molar-refractivity contribution in [2.24, 2.45) is 5.73 Å². The van der Waals surface area contributed by atoms with Crippen molar-refractivity contribution in [3.8, 4) is 0 Å². The number of hydrogen-bond donors (Lipinski definition) is 1. The summed E-state index contributed by atoms with van der Waals surface area (Å²) in [6.07, 6.45) is 0.115. The summed E-state index contributed by atoms with van der Waals surface area (Å²) in [5, 5.41) is 10.7. The normalized spacial score (nSPS) is 12.0. The van der Waals surface area contributed by atoms with Gasteiger partial charge in [0.2, 0.25) is 0 Å². The highest BCUT2D eigenvalue weighted by atomic mass is 16.6. The summed E-state index contributed by atoms with van der Waals surface area (Å²) in [5.41, 5.74) is 5.87. The number of primary amides is 1. The maximum Gasteiger partial charge on any atom is 0.405 e. The molecule has 7 nitrogen and oxygen atoms in total. The second-order valence-electron chi connectivity index (χ2n) is 3.37. The smallest absolute Gasteiger partial charge is 0.405 e. The van der Waals surface area contributed by atoms with Gasteiger partial charge in [-0.25, -0.2) is 9.48 Å². The van der Waals surface area contributed by atoms with Crippen LogP contribution in [0.4, 0.5) is 4.79 Å². The van der Waals surface area contributed by atoms with E-state index in [1.165, 1.54) is 11.0 Å². The van der Waals surface area contributed by atoms with Gasteiger partial charge in [-0.15, -0.1) is 5.10 Å². The van der Waals surface area contributed by atoms with Gasteiger partial charge in [0.05, 0.1) is 6.54 Å². The number of carbonyl (C=O) groups is 1. The summed E-state index contributed by atoms with van der Waals surface area (Å²) >= 11 is 0. The molecule has 0 radical (unpaired) electrons. The van der Waals surface area contributed by atoms with Crippen molar-refractivity contribution in [3.63, 3.8) is 0 Å². The van der Waals surface area contributed by atoms with E-state index in [-0.39, 0.29) is 0 Å². The molecule has 1 amide bonds. The number of amides is 1. The topological polar surface area (TPSA) is 95.9 Å². The lowest BCUT2D eigenvalue weighted by Crippen LogP contribution is -2.21. The standard InChI is InChI=1S/C10H11N5O2/c11-10(16)17-9(6-15-7-12-13-14-15)8-4-2-1-3-5-8/h1-5,7,9H,6H2,(H2,11,16). The van der Waals surface area contributed by atoms with Gasteiger partial charge in [-0.1, -0.05) is 30.3 Å². The third-order valence-corrected chi connectivity index (χ3v) is 2.17. The molecule has 0 fully saturated rings. The predicted octanol–water partition coefficient (Wildman–Crippen LogP) is 0.510. The van der Waals surface area contributed by atoms with Gasteiger partial charge in [-0.05, 0) is 16.0 Å². The van der Waals surface area contributed by atoms with Gasteiger partial charge in [0.15, 0.2) is 0 Å². The molecule has 0 aliphatic carbocycles. The largest absolute Gasteiger partial charge is 0.440 e. The zero-order valence-corrected chi connectivity index (χ0v) is 8.93. The van der Waals surface area contributed by atoms with Crippen LogP contribution in [0.15, 0.2) is 36.7 Å². The Morgan fingerprint density at radius 3 is 2.76 bits per heavy atom. The Bertz CT molecular complexity index is 471. The van der Waals surface area contributed by atoms with Gasteiger partial charge in [0, 0.05) is 0 Å². The number of nitrogens with zero attached hydrogens (tertiary/aromatic N) is 4. The molecular formula is C10H11N5O2. The Morgan fingerprint density at radius 1 is 1.41 bits per heavy atom. The molecule has 1 aromatic heterocycles. The van der Waals surface area contributed by atoms with Crippen molar-refractivity contribution < 1.29 is 9.53 Å². The first kappa shape index (κ1) is 11.1. The van der Waals surface area contributed by atoms with Gasteiger partial charge in [0.1, 0.15) is 12.4 Å². The molecule has 2 aromatic rings. The van der Waals surface area contributed by atoms with Crippen LogP contribution < -0.4 is 5.73 Å². The Morgan fingerprint density at radius 2 is 2.18 bits per heavy atom. The summed E-state index contributed by atoms with van der Waals surface area (Å²) in [6.45, 7) is 0.319. The highest BCUT2D eigenvalue weighted by Crippen LogP contribution is 2.18. The summed E-state index contributed by atoms with van der Waals surface area (Å²) < 4.78 is 6.50. The van der Waals surface area contributed by atoms with Crippen molar-refractivity contribution in [1.82, 2.24) is 20.2 Å². The van der Waals surface area contributed by atoms with Crippen LogP contribution >= 0.6 is 0 Å². The molecule has 0 aliphatic rings. The summed E-state index contributed by atoms with van der Waals surface area (Å²) in [5.74, 6) is 0. The fourth-order valence-corrected chi connectivity index (χ4v) is 1.45. The van der Waals surface area contributed by atoms with E-state index in [0.29, 0.717) is 6.54 Å². The number of carbonyl (C=O) groups excluding carboxylic acids is 1. The van der Waals surface area contributed by atoms with Gasteiger partial charge >= 0.3 is 6.09 Å². The molecule has 1 unspecified atom stereocenters. The molecule has 88 valence electrons. The van der Waals surface area contributed by atoms with Crippen LogP contribution in [-0.2, 0) is 11.3 Å². The van der Waals surface area contributed by atoms with Crippen LogP contribution in [0.5, 0.6) is 0 Å². The van der Waals surface area contributed by atoms with Crippen LogP contribution in [0, 0.1) is 0 Å². The third-order valence-electron chi connectivity index (χ3n) is 2.17. The minimum atomic E-state index is -0.827. The monoisotopic (exact) mass is 233 g/mol. The molecule has 0 spiro atoms. The number of aromatic nitrogens is 4. The molecule has 2 N–H and O–H groups in total. The van der Waals surface area contributed by atoms with Crippen LogP contribution in [0.3, 0.4) is 0 Å². The fraction of sp³-hybridized carbons (Fsp3) is 0.200. The Hall–Kier alpha value is -2.44. The number of tetrazole rings is 1. The first-order valence-electron chi connectivity index (χ1n) is 4.97. The molecular weight excluding hydrogens is 222 g/mol. The van der Waals surface area contributed by atoms with E-state index < -0.39 is 12.2 Å². The van der Waals surface area contributed by atoms with Crippen molar-refractivity contribution in [1.29, 1.82) is 0 Å². The highest BCUT2D eigenvalue weighted by Gasteiger charge is 2.16. The predicted molar refractivity (Wildman–Crippen MR) is 57.7 cm³/mol. The lowest BCUT2D eigenvalue weighted by molar-refractivity contribution is 0.0930. The van der Waals surface area contributed by atoms with Crippen LogP contribution in [0.25, 0.3) is 0 Å². The molecule has 2 rings (SSSR count). The van der Waals surface area contributed by atoms with Gasteiger partial charge in [-0.3, -0.25) is 0 Å². The van der Waals surface area contributed by atoms with Gasteiger partial charge in [0.25, 0.3) is 0 Å². The highest BCUT2D eigenvalue weighted by molar-refractivity contribution is 5.65.